The maximum Gasteiger partial charge on any atom is 0.407 e. The standard InChI is InChI=1S/C20H20N8O2/c29-20(30)27-6-2-5-26(7-8-27)18-3-1-4-19(25-18)28-17-9-16(14-11-22-23-12-14)21-10-15(17)13-24-28/h1,3-4,9-13H,2,5-8H2,(H,22,23)(H,29,30). The van der Waals surface area contributed by atoms with Crippen LogP contribution in [-0.2, 0) is 0 Å². The average Bonchev–Trinajstić information content (AvgIpc) is 3.37. The number of fused-ring (bicyclic) bond motifs is 1. The van der Waals surface area contributed by atoms with Gasteiger partial charge in [0.1, 0.15) is 5.82 Å². The molecule has 0 unspecified atom stereocenters. The minimum atomic E-state index is -0.872. The molecule has 1 aliphatic heterocycles. The van der Waals surface area contributed by atoms with Crippen LogP contribution in [0.4, 0.5) is 10.6 Å². The highest BCUT2D eigenvalue weighted by molar-refractivity contribution is 5.83. The Bertz CT molecular complexity index is 1190. The highest BCUT2D eigenvalue weighted by Gasteiger charge is 2.19. The number of rotatable bonds is 3. The van der Waals surface area contributed by atoms with Gasteiger partial charge in [-0.25, -0.2) is 14.5 Å². The van der Waals surface area contributed by atoms with E-state index >= 15 is 0 Å². The summed E-state index contributed by atoms with van der Waals surface area (Å²) in [6.07, 6.45) is 6.99. The number of amides is 1. The predicted octanol–water partition coefficient (Wildman–Crippen LogP) is 2.40. The molecule has 0 radical (unpaired) electrons. The van der Waals surface area contributed by atoms with Crippen molar-refractivity contribution in [3.8, 4) is 17.1 Å². The number of hydrogen-bond donors (Lipinski definition) is 2. The third-order valence-corrected chi connectivity index (χ3v) is 5.27. The van der Waals surface area contributed by atoms with Gasteiger partial charge in [-0.15, -0.1) is 0 Å². The summed E-state index contributed by atoms with van der Waals surface area (Å²) in [7, 11) is 0. The Hall–Kier alpha value is -3.95. The minimum Gasteiger partial charge on any atom is -0.465 e. The minimum absolute atomic E-state index is 0.464. The number of hydrogen-bond acceptors (Lipinski definition) is 6. The van der Waals surface area contributed by atoms with Crippen molar-refractivity contribution in [2.75, 3.05) is 31.1 Å². The van der Waals surface area contributed by atoms with E-state index in [0.29, 0.717) is 25.5 Å². The third-order valence-electron chi connectivity index (χ3n) is 5.27. The quantitative estimate of drug-likeness (QED) is 0.538. The van der Waals surface area contributed by atoms with Gasteiger partial charge < -0.3 is 14.9 Å². The molecule has 4 aromatic rings. The second-order valence-electron chi connectivity index (χ2n) is 7.14. The molecule has 10 nitrogen and oxygen atoms in total. The van der Waals surface area contributed by atoms with E-state index in [1.165, 1.54) is 4.90 Å². The van der Waals surface area contributed by atoms with Crippen LogP contribution in [0.5, 0.6) is 0 Å². The molecule has 0 spiro atoms. The molecule has 1 aliphatic rings. The molecule has 152 valence electrons. The molecular weight excluding hydrogens is 384 g/mol. The number of aromatic nitrogens is 6. The highest BCUT2D eigenvalue weighted by Crippen LogP contribution is 2.24. The molecule has 0 saturated carbocycles. The van der Waals surface area contributed by atoms with Crippen LogP contribution < -0.4 is 4.90 Å². The molecule has 1 fully saturated rings. The zero-order valence-corrected chi connectivity index (χ0v) is 16.1. The van der Waals surface area contributed by atoms with E-state index in [9.17, 15) is 9.90 Å². The average molecular weight is 404 g/mol. The lowest BCUT2D eigenvalue weighted by molar-refractivity contribution is 0.148. The van der Waals surface area contributed by atoms with Crippen LogP contribution in [0.1, 0.15) is 6.42 Å². The van der Waals surface area contributed by atoms with Crippen molar-refractivity contribution in [3.05, 3.63) is 49.1 Å². The Labute approximate surface area is 171 Å². The molecule has 5 heterocycles. The lowest BCUT2D eigenvalue weighted by Crippen LogP contribution is -2.34. The molecule has 0 aliphatic carbocycles. The highest BCUT2D eigenvalue weighted by atomic mass is 16.4. The SMILES string of the molecule is O=C(O)N1CCCN(c2cccc(-n3ncc4cnc(-c5cn[nH]c5)cc43)n2)CC1. The summed E-state index contributed by atoms with van der Waals surface area (Å²) < 4.78 is 1.80. The summed E-state index contributed by atoms with van der Waals surface area (Å²) >= 11 is 0. The van der Waals surface area contributed by atoms with Crippen LogP contribution >= 0.6 is 0 Å². The number of nitrogens with zero attached hydrogens (tertiary/aromatic N) is 7. The van der Waals surface area contributed by atoms with Crippen LogP contribution in [-0.4, -0.2) is 72.2 Å². The summed E-state index contributed by atoms with van der Waals surface area (Å²) in [5, 5.41) is 21.5. The van der Waals surface area contributed by atoms with Gasteiger partial charge in [0.05, 0.1) is 23.6 Å². The van der Waals surface area contributed by atoms with Crippen LogP contribution in [0.25, 0.3) is 28.0 Å². The van der Waals surface area contributed by atoms with E-state index in [0.717, 1.165) is 40.9 Å². The van der Waals surface area contributed by atoms with E-state index in [-0.39, 0.29) is 0 Å². The molecule has 0 aromatic carbocycles. The molecule has 1 amide bonds. The summed E-state index contributed by atoms with van der Waals surface area (Å²) in [4.78, 5) is 24.1. The first-order valence-corrected chi connectivity index (χ1v) is 9.72. The lowest BCUT2D eigenvalue weighted by Gasteiger charge is -2.22. The van der Waals surface area contributed by atoms with Gasteiger partial charge in [-0.2, -0.15) is 10.2 Å². The Morgan fingerprint density at radius 2 is 1.97 bits per heavy atom. The van der Waals surface area contributed by atoms with Gasteiger partial charge in [-0.05, 0) is 24.6 Å². The number of H-pyrrole nitrogens is 1. The van der Waals surface area contributed by atoms with Crippen LogP contribution in [0.2, 0.25) is 0 Å². The fourth-order valence-corrected chi connectivity index (χ4v) is 3.70. The van der Waals surface area contributed by atoms with Gasteiger partial charge in [0.2, 0.25) is 0 Å². The largest absolute Gasteiger partial charge is 0.465 e. The van der Waals surface area contributed by atoms with Gasteiger partial charge in [-0.1, -0.05) is 6.07 Å². The second-order valence-corrected chi connectivity index (χ2v) is 7.14. The molecule has 2 N–H and O–H groups in total. The molecule has 0 bridgehead atoms. The normalized spacial score (nSPS) is 14.8. The van der Waals surface area contributed by atoms with Crippen LogP contribution in [0.15, 0.2) is 49.1 Å². The van der Waals surface area contributed by atoms with Crippen molar-refractivity contribution in [2.24, 2.45) is 0 Å². The Kier molecular flexibility index (Phi) is 4.51. The molecule has 1 saturated heterocycles. The number of carboxylic acid groups (broad SMARTS) is 1. The fraction of sp³-hybridized carbons (Fsp3) is 0.250. The van der Waals surface area contributed by atoms with E-state index in [1.54, 1.807) is 29.5 Å². The maximum atomic E-state index is 11.3. The smallest absolute Gasteiger partial charge is 0.407 e. The zero-order valence-electron chi connectivity index (χ0n) is 16.1. The van der Waals surface area contributed by atoms with E-state index < -0.39 is 6.09 Å². The zero-order chi connectivity index (χ0) is 20.5. The molecule has 0 atom stereocenters. The molecular formula is C20H20N8O2. The van der Waals surface area contributed by atoms with E-state index in [4.69, 9.17) is 4.98 Å². The predicted molar refractivity (Wildman–Crippen MR) is 111 cm³/mol. The van der Waals surface area contributed by atoms with Crippen molar-refractivity contribution >= 4 is 22.8 Å². The number of pyridine rings is 2. The summed E-state index contributed by atoms with van der Waals surface area (Å²) in [5.74, 6) is 1.51. The van der Waals surface area contributed by atoms with Crippen molar-refractivity contribution in [1.82, 2.24) is 34.8 Å². The lowest BCUT2D eigenvalue weighted by atomic mass is 10.2. The van der Waals surface area contributed by atoms with E-state index in [1.807, 2.05) is 24.3 Å². The van der Waals surface area contributed by atoms with Gasteiger partial charge >= 0.3 is 6.09 Å². The number of anilines is 1. The number of carbonyl (C=O) groups is 1. The monoisotopic (exact) mass is 404 g/mol. The van der Waals surface area contributed by atoms with Crippen molar-refractivity contribution in [2.45, 2.75) is 6.42 Å². The fourth-order valence-electron chi connectivity index (χ4n) is 3.70. The first-order valence-electron chi connectivity index (χ1n) is 9.72. The Morgan fingerprint density at radius 3 is 2.80 bits per heavy atom. The van der Waals surface area contributed by atoms with Crippen molar-refractivity contribution < 1.29 is 9.90 Å². The van der Waals surface area contributed by atoms with Crippen LogP contribution in [0, 0.1) is 0 Å². The molecule has 30 heavy (non-hydrogen) atoms. The molecule has 5 rings (SSSR count). The first kappa shape index (κ1) is 18.1. The third kappa shape index (κ3) is 3.32. The molecule has 4 aromatic heterocycles. The van der Waals surface area contributed by atoms with Crippen molar-refractivity contribution in [1.29, 1.82) is 0 Å². The second kappa shape index (κ2) is 7.47. The first-order chi connectivity index (χ1) is 14.7. The van der Waals surface area contributed by atoms with Crippen LogP contribution in [0.3, 0.4) is 0 Å². The Morgan fingerprint density at radius 1 is 1.07 bits per heavy atom. The van der Waals surface area contributed by atoms with Gasteiger partial charge in [-0.3, -0.25) is 10.1 Å². The number of aromatic amines is 1. The van der Waals surface area contributed by atoms with Crippen molar-refractivity contribution in [3.63, 3.8) is 0 Å². The van der Waals surface area contributed by atoms with Gasteiger partial charge in [0.25, 0.3) is 0 Å². The van der Waals surface area contributed by atoms with Gasteiger partial charge in [0.15, 0.2) is 5.82 Å². The van der Waals surface area contributed by atoms with Gasteiger partial charge in [0, 0.05) is 49.5 Å². The Balaban J connectivity index is 1.47. The van der Waals surface area contributed by atoms with E-state index in [2.05, 4.69) is 25.2 Å². The summed E-state index contributed by atoms with van der Waals surface area (Å²) in [6, 6.07) is 7.78. The maximum absolute atomic E-state index is 11.3. The molecule has 10 heteroatoms. The number of nitrogens with one attached hydrogen (secondary N) is 1. The topological polar surface area (TPSA) is 116 Å². The summed E-state index contributed by atoms with van der Waals surface area (Å²) in [6.45, 7) is 2.37. The summed E-state index contributed by atoms with van der Waals surface area (Å²) in [5.41, 5.74) is 2.60.